The van der Waals surface area contributed by atoms with Crippen LogP contribution in [0.15, 0.2) is 18.3 Å². The van der Waals surface area contributed by atoms with E-state index in [2.05, 4.69) is 15.2 Å². The van der Waals surface area contributed by atoms with Crippen LogP contribution in [0.25, 0.3) is 0 Å². The largest absolute Gasteiger partial charge is 0.378 e. The fourth-order valence-electron chi connectivity index (χ4n) is 2.18. The van der Waals surface area contributed by atoms with Gasteiger partial charge >= 0.3 is 0 Å². The van der Waals surface area contributed by atoms with E-state index in [0.717, 1.165) is 18.7 Å². The Morgan fingerprint density at radius 2 is 2.50 bits per heavy atom. The number of morpholine rings is 1. The Hall–Kier alpha value is -1.17. The first kappa shape index (κ1) is 15.2. The van der Waals surface area contributed by atoms with E-state index in [-0.39, 0.29) is 11.9 Å². The minimum atomic E-state index is -0.254. The molecule has 110 valence electrons. The Morgan fingerprint density at radius 1 is 1.65 bits per heavy atom. The molecule has 1 saturated heterocycles. The zero-order valence-electron chi connectivity index (χ0n) is 11.6. The number of carbonyl (C=O) groups is 1. The first-order valence-corrected chi connectivity index (χ1v) is 7.28. The number of nitrogens with one attached hydrogen (secondary N) is 1. The van der Waals surface area contributed by atoms with Gasteiger partial charge in [-0.3, -0.25) is 14.7 Å². The van der Waals surface area contributed by atoms with E-state index < -0.39 is 0 Å². The van der Waals surface area contributed by atoms with Gasteiger partial charge in [0.2, 0.25) is 5.91 Å². The van der Waals surface area contributed by atoms with E-state index in [1.807, 2.05) is 13.0 Å². The van der Waals surface area contributed by atoms with Crippen LogP contribution in [0.3, 0.4) is 0 Å². The number of nitrogens with zero attached hydrogens (tertiary/aromatic N) is 2. The Morgan fingerprint density at radius 3 is 3.25 bits per heavy atom. The van der Waals surface area contributed by atoms with Crippen molar-refractivity contribution in [2.24, 2.45) is 0 Å². The molecule has 1 aromatic rings. The monoisotopic (exact) mass is 297 g/mol. The molecule has 2 heterocycles. The molecule has 1 fully saturated rings. The average Bonchev–Trinajstić information content (AvgIpc) is 2.45. The topological polar surface area (TPSA) is 54.5 Å². The fourth-order valence-corrected chi connectivity index (χ4v) is 2.36. The summed E-state index contributed by atoms with van der Waals surface area (Å²) in [4.78, 5) is 18.5. The first-order valence-electron chi connectivity index (χ1n) is 6.90. The van der Waals surface area contributed by atoms with E-state index >= 15 is 0 Å². The van der Waals surface area contributed by atoms with E-state index in [0.29, 0.717) is 31.3 Å². The predicted octanol–water partition coefficient (Wildman–Crippen LogP) is 1.46. The smallest absolute Gasteiger partial charge is 0.239 e. The summed E-state index contributed by atoms with van der Waals surface area (Å²) in [5.41, 5.74) is 0.868. The van der Waals surface area contributed by atoms with Gasteiger partial charge in [0.1, 0.15) is 6.04 Å². The maximum atomic E-state index is 12.1. The predicted molar refractivity (Wildman–Crippen MR) is 77.6 cm³/mol. The van der Waals surface area contributed by atoms with E-state index in [1.54, 1.807) is 12.3 Å². The molecule has 0 saturated carbocycles. The standard InChI is InChI=1S/C14H20ClN3O2/c1-2-4-17-14(19)13-10-20-7-6-18(13)9-12-8-11(15)3-5-16-12/h3,5,8,13H,2,4,6-7,9-10H2,1H3,(H,17,19). The molecular formula is C14H20ClN3O2. The van der Waals surface area contributed by atoms with Gasteiger partial charge in [-0.25, -0.2) is 0 Å². The normalized spacial score (nSPS) is 19.8. The third-order valence-corrected chi connectivity index (χ3v) is 3.47. The molecule has 5 nitrogen and oxygen atoms in total. The summed E-state index contributed by atoms with van der Waals surface area (Å²) in [7, 11) is 0. The molecular weight excluding hydrogens is 278 g/mol. The quantitative estimate of drug-likeness (QED) is 0.894. The Balaban J connectivity index is 2.01. The summed E-state index contributed by atoms with van der Waals surface area (Å²) in [6.45, 7) is 5.12. The SMILES string of the molecule is CCCNC(=O)C1COCCN1Cc1cc(Cl)ccn1. The Bertz CT molecular complexity index is 456. The Labute approximate surface area is 124 Å². The van der Waals surface area contributed by atoms with Crippen molar-refractivity contribution >= 4 is 17.5 Å². The van der Waals surface area contributed by atoms with Crippen molar-refractivity contribution in [3.05, 3.63) is 29.0 Å². The van der Waals surface area contributed by atoms with Crippen molar-refractivity contribution in [2.75, 3.05) is 26.3 Å². The van der Waals surface area contributed by atoms with Crippen LogP contribution in [0.5, 0.6) is 0 Å². The molecule has 0 aliphatic carbocycles. The lowest BCUT2D eigenvalue weighted by atomic mass is 10.2. The highest BCUT2D eigenvalue weighted by atomic mass is 35.5. The molecule has 20 heavy (non-hydrogen) atoms. The van der Waals surface area contributed by atoms with Crippen molar-refractivity contribution in [2.45, 2.75) is 25.9 Å². The zero-order valence-corrected chi connectivity index (χ0v) is 12.4. The number of hydrogen-bond acceptors (Lipinski definition) is 4. The number of halogens is 1. The van der Waals surface area contributed by atoms with Gasteiger partial charge in [-0.15, -0.1) is 0 Å². The highest BCUT2D eigenvalue weighted by Crippen LogP contribution is 2.14. The van der Waals surface area contributed by atoms with Crippen LogP contribution >= 0.6 is 11.6 Å². The summed E-state index contributed by atoms with van der Waals surface area (Å²) in [5, 5.41) is 3.58. The summed E-state index contributed by atoms with van der Waals surface area (Å²) >= 11 is 5.97. The summed E-state index contributed by atoms with van der Waals surface area (Å²) < 4.78 is 5.43. The molecule has 1 amide bonds. The third kappa shape index (κ3) is 4.16. The van der Waals surface area contributed by atoms with Crippen molar-refractivity contribution in [3.63, 3.8) is 0 Å². The van der Waals surface area contributed by atoms with Crippen molar-refractivity contribution in [1.29, 1.82) is 0 Å². The second kappa shape index (κ2) is 7.57. The molecule has 6 heteroatoms. The molecule has 0 aromatic carbocycles. The van der Waals surface area contributed by atoms with Crippen LogP contribution in [-0.2, 0) is 16.1 Å². The lowest BCUT2D eigenvalue weighted by Crippen LogP contribution is -2.53. The number of amides is 1. The molecule has 0 spiro atoms. The van der Waals surface area contributed by atoms with Crippen LogP contribution in [0.1, 0.15) is 19.0 Å². The maximum Gasteiger partial charge on any atom is 0.239 e. The molecule has 1 aliphatic heterocycles. The Kier molecular flexibility index (Phi) is 5.76. The highest BCUT2D eigenvalue weighted by Gasteiger charge is 2.29. The van der Waals surface area contributed by atoms with E-state index in [4.69, 9.17) is 16.3 Å². The van der Waals surface area contributed by atoms with Crippen molar-refractivity contribution in [1.82, 2.24) is 15.2 Å². The highest BCUT2D eigenvalue weighted by molar-refractivity contribution is 6.30. The van der Waals surface area contributed by atoms with Crippen LogP contribution in [-0.4, -0.2) is 48.1 Å². The summed E-state index contributed by atoms with van der Waals surface area (Å²) in [6.07, 6.45) is 2.61. The molecule has 1 aliphatic rings. The lowest BCUT2D eigenvalue weighted by Gasteiger charge is -2.34. The number of carbonyl (C=O) groups excluding carboxylic acids is 1. The van der Waals surface area contributed by atoms with E-state index in [9.17, 15) is 4.79 Å². The van der Waals surface area contributed by atoms with Crippen LogP contribution in [0.4, 0.5) is 0 Å². The van der Waals surface area contributed by atoms with Gasteiger partial charge in [-0.2, -0.15) is 0 Å². The van der Waals surface area contributed by atoms with Gasteiger partial charge in [0.25, 0.3) is 0 Å². The first-order chi connectivity index (χ1) is 9.70. The average molecular weight is 298 g/mol. The molecule has 1 N–H and O–H groups in total. The van der Waals surface area contributed by atoms with Crippen molar-refractivity contribution in [3.8, 4) is 0 Å². The van der Waals surface area contributed by atoms with Gasteiger partial charge in [0, 0.05) is 30.9 Å². The summed E-state index contributed by atoms with van der Waals surface area (Å²) in [6, 6.07) is 3.32. The lowest BCUT2D eigenvalue weighted by molar-refractivity contribution is -0.133. The molecule has 1 atom stereocenters. The minimum Gasteiger partial charge on any atom is -0.378 e. The number of ether oxygens (including phenoxy) is 1. The molecule has 1 aromatic heterocycles. The van der Waals surface area contributed by atoms with Gasteiger partial charge in [-0.1, -0.05) is 18.5 Å². The number of hydrogen-bond donors (Lipinski definition) is 1. The fraction of sp³-hybridized carbons (Fsp3) is 0.571. The van der Waals surface area contributed by atoms with Gasteiger partial charge in [0.15, 0.2) is 0 Å². The molecule has 0 bridgehead atoms. The number of rotatable bonds is 5. The number of pyridine rings is 1. The maximum absolute atomic E-state index is 12.1. The van der Waals surface area contributed by atoms with E-state index in [1.165, 1.54) is 0 Å². The third-order valence-electron chi connectivity index (χ3n) is 3.23. The van der Waals surface area contributed by atoms with Gasteiger partial charge < -0.3 is 10.1 Å². The van der Waals surface area contributed by atoms with Crippen LogP contribution in [0, 0.1) is 0 Å². The van der Waals surface area contributed by atoms with Gasteiger partial charge in [-0.05, 0) is 18.6 Å². The van der Waals surface area contributed by atoms with Crippen LogP contribution in [0.2, 0.25) is 5.02 Å². The van der Waals surface area contributed by atoms with Crippen LogP contribution < -0.4 is 5.32 Å². The zero-order chi connectivity index (χ0) is 14.4. The number of aromatic nitrogens is 1. The molecule has 2 rings (SSSR count). The second-order valence-corrected chi connectivity index (χ2v) is 5.25. The molecule has 1 unspecified atom stereocenters. The second-order valence-electron chi connectivity index (χ2n) is 4.82. The molecule has 0 radical (unpaired) electrons. The van der Waals surface area contributed by atoms with Crippen molar-refractivity contribution < 1.29 is 9.53 Å². The summed E-state index contributed by atoms with van der Waals surface area (Å²) in [5.74, 6) is 0.0218. The minimum absolute atomic E-state index is 0.0218. The van der Waals surface area contributed by atoms with Gasteiger partial charge in [0.05, 0.1) is 18.9 Å².